The van der Waals surface area contributed by atoms with Gasteiger partial charge in [0.15, 0.2) is 0 Å². The zero-order valence-corrected chi connectivity index (χ0v) is 7.02. The van der Waals surface area contributed by atoms with Crippen LogP contribution in [0.15, 0.2) is 46.6 Å². The third-order valence-electron chi connectivity index (χ3n) is 2.38. The van der Waals surface area contributed by atoms with E-state index in [-0.39, 0.29) is 0 Å². The van der Waals surface area contributed by atoms with Gasteiger partial charge in [0.2, 0.25) is 0 Å². The second-order valence-electron chi connectivity index (χ2n) is 3.05. The first-order chi connectivity index (χ1) is 5.33. The average Bonchev–Trinajstić information content (AvgIpc) is 2.46. The average molecular weight is 144 g/mol. The predicted molar refractivity (Wildman–Crippen MR) is 48.3 cm³/mol. The van der Waals surface area contributed by atoms with Gasteiger partial charge in [0.1, 0.15) is 0 Å². The molecule has 0 aromatic heterocycles. The molecule has 0 N–H and O–H groups in total. The first kappa shape index (κ1) is 6.66. The molecule has 56 valence electrons. The molecule has 0 aromatic carbocycles. The Balaban J connectivity index is 2.46. The maximum Gasteiger partial charge on any atom is -0.0149 e. The van der Waals surface area contributed by atoms with E-state index >= 15 is 0 Å². The van der Waals surface area contributed by atoms with Crippen LogP contribution in [-0.2, 0) is 0 Å². The van der Waals surface area contributed by atoms with Gasteiger partial charge in [-0.15, -0.1) is 0 Å². The second-order valence-corrected chi connectivity index (χ2v) is 3.05. The second kappa shape index (κ2) is 2.23. The minimum absolute atomic E-state index is 1.15. The molecule has 2 aliphatic rings. The van der Waals surface area contributed by atoms with Crippen molar-refractivity contribution in [2.45, 2.75) is 20.3 Å². The van der Waals surface area contributed by atoms with Gasteiger partial charge in [-0.3, -0.25) is 0 Å². The summed E-state index contributed by atoms with van der Waals surface area (Å²) in [5.74, 6) is 0. The van der Waals surface area contributed by atoms with Crippen LogP contribution in [0.2, 0.25) is 0 Å². The van der Waals surface area contributed by atoms with Gasteiger partial charge in [0.05, 0.1) is 0 Å². The molecule has 0 fully saturated rings. The maximum absolute atomic E-state index is 2.27. The Labute approximate surface area is 67.6 Å². The van der Waals surface area contributed by atoms with Gasteiger partial charge in [-0.1, -0.05) is 31.2 Å². The lowest BCUT2D eigenvalue weighted by Gasteiger charge is -2.01. The van der Waals surface area contributed by atoms with E-state index in [1.165, 1.54) is 22.3 Å². The third-order valence-corrected chi connectivity index (χ3v) is 2.38. The van der Waals surface area contributed by atoms with Crippen molar-refractivity contribution in [3.05, 3.63) is 46.6 Å². The lowest BCUT2D eigenvalue weighted by molar-refractivity contribution is 1.11. The molecule has 2 aliphatic carbocycles. The van der Waals surface area contributed by atoms with Crippen LogP contribution in [0.4, 0.5) is 0 Å². The van der Waals surface area contributed by atoms with Gasteiger partial charge in [0.25, 0.3) is 0 Å². The third kappa shape index (κ3) is 0.823. The Hall–Kier alpha value is -1.04. The van der Waals surface area contributed by atoms with Crippen molar-refractivity contribution in [3.63, 3.8) is 0 Å². The summed E-state index contributed by atoms with van der Waals surface area (Å²) in [6.45, 7) is 4.41. The Morgan fingerprint density at radius 2 is 2.18 bits per heavy atom. The molecule has 0 aromatic rings. The van der Waals surface area contributed by atoms with Crippen molar-refractivity contribution >= 4 is 0 Å². The number of allylic oxidation sites excluding steroid dienone is 8. The molecule has 0 bridgehead atoms. The summed E-state index contributed by atoms with van der Waals surface area (Å²) in [7, 11) is 0. The number of fused-ring (bicyclic) bond motifs is 1. The van der Waals surface area contributed by atoms with Crippen LogP contribution < -0.4 is 0 Å². The normalized spacial score (nSPS) is 20.5. The number of hydrogen-bond donors (Lipinski definition) is 0. The summed E-state index contributed by atoms with van der Waals surface area (Å²) in [6.07, 6.45) is 9.94. The summed E-state index contributed by atoms with van der Waals surface area (Å²) >= 11 is 0. The molecule has 0 amide bonds. The largest absolute Gasteiger partial charge is 0.0613 e. The van der Waals surface area contributed by atoms with E-state index in [1.54, 1.807) is 0 Å². The van der Waals surface area contributed by atoms with Crippen LogP contribution in [-0.4, -0.2) is 0 Å². The molecular formula is C11H12. The minimum atomic E-state index is 1.15. The summed E-state index contributed by atoms with van der Waals surface area (Å²) in [6, 6.07) is 0. The van der Waals surface area contributed by atoms with Gasteiger partial charge < -0.3 is 0 Å². The highest BCUT2D eigenvalue weighted by Crippen LogP contribution is 2.36. The number of hydrogen-bond acceptors (Lipinski definition) is 0. The lowest BCUT2D eigenvalue weighted by atomic mass is 10.0. The Bertz CT molecular complexity index is 309. The van der Waals surface area contributed by atoms with Crippen molar-refractivity contribution in [2.24, 2.45) is 0 Å². The lowest BCUT2D eigenvalue weighted by Crippen LogP contribution is -1.83. The highest BCUT2D eigenvalue weighted by Gasteiger charge is 2.17. The molecule has 0 spiro atoms. The molecule has 0 heterocycles. The van der Waals surface area contributed by atoms with Crippen LogP contribution in [0.25, 0.3) is 0 Å². The van der Waals surface area contributed by atoms with Gasteiger partial charge in [-0.2, -0.15) is 0 Å². The zero-order valence-electron chi connectivity index (χ0n) is 7.02. The smallest absolute Gasteiger partial charge is 0.0149 e. The van der Waals surface area contributed by atoms with E-state index in [9.17, 15) is 0 Å². The van der Waals surface area contributed by atoms with Gasteiger partial charge >= 0.3 is 0 Å². The predicted octanol–water partition coefficient (Wildman–Crippen LogP) is 3.15. The van der Waals surface area contributed by atoms with E-state index in [1.807, 2.05) is 0 Å². The first-order valence-corrected chi connectivity index (χ1v) is 4.13. The van der Waals surface area contributed by atoms with Crippen LogP contribution in [0.3, 0.4) is 0 Å². The van der Waals surface area contributed by atoms with Crippen LogP contribution in [0, 0.1) is 0 Å². The molecule has 0 radical (unpaired) electrons. The van der Waals surface area contributed by atoms with Crippen LogP contribution >= 0.6 is 0 Å². The Kier molecular flexibility index (Phi) is 1.35. The van der Waals surface area contributed by atoms with E-state index in [4.69, 9.17) is 0 Å². The van der Waals surface area contributed by atoms with Crippen molar-refractivity contribution in [3.8, 4) is 0 Å². The van der Waals surface area contributed by atoms with E-state index in [0.717, 1.165) is 6.42 Å². The fourth-order valence-electron chi connectivity index (χ4n) is 1.84. The fourth-order valence-corrected chi connectivity index (χ4v) is 1.84. The van der Waals surface area contributed by atoms with E-state index in [0.29, 0.717) is 0 Å². The molecule has 0 heteroatoms. The minimum Gasteiger partial charge on any atom is -0.0613 e. The first-order valence-electron chi connectivity index (χ1n) is 4.13. The zero-order chi connectivity index (χ0) is 7.84. The molecule has 0 atom stereocenters. The Morgan fingerprint density at radius 3 is 2.91 bits per heavy atom. The molecule has 2 rings (SSSR count). The molecule has 0 unspecified atom stereocenters. The maximum atomic E-state index is 2.27. The monoisotopic (exact) mass is 144 g/mol. The summed E-state index contributed by atoms with van der Waals surface area (Å²) < 4.78 is 0. The summed E-state index contributed by atoms with van der Waals surface area (Å²) in [5.41, 5.74) is 5.81. The molecule has 0 saturated heterocycles. The topological polar surface area (TPSA) is 0 Å². The fraction of sp³-hybridized carbons (Fsp3) is 0.273. The SMILES string of the molecule is CCC1=C(C)C=C2C=CC=C21. The van der Waals surface area contributed by atoms with Gasteiger partial charge in [0, 0.05) is 0 Å². The van der Waals surface area contributed by atoms with E-state index < -0.39 is 0 Å². The summed E-state index contributed by atoms with van der Waals surface area (Å²) in [4.78, 5) is 0. The molecule has 11 heavy (non-hydrogen) atoms. The van der Waals surface area contributed by atoms with Gasteiger partial charge in [-0.05, 0) is 35.6 Å². The quantitative estimate of drug-likeness (QED) is 0.530. The molecule has 0 nitrogen and oxygen atoms in total. The van der Waals surface area contributed by atoms with Crippen LogP contribution in [0.5, 0.6) is 0 Å². The Morgan fingerprint density at radius 1 is 1.36 bits per heavy atom. The molecule has 0 aliphatic heterocycles. The highest BCUT2D eigenvalue weighted by atomic mass is 14.2. The van der Waals surface area contributed by atoms with Crippen molar-refractivity contribution in [1.82, 2.24) is 0 Å². The highest BCUT2D eigenvalue weighted by molar-refractivity contribution is 5.66. The molecular weight excluding hydrogens is 132 g/mol. The van der Waals surface area contributed by atoms with Crippen LogP contribution in [0.1, 0.15) is 20.3 Å². The number of rotatable bonds is 1. The van der Waals surface area contributed by atoms with Crippen molar-refractivity contribution in [1.29, 1.82) is 0 Å². The summed E-state index contributed by atoms with van der Waals surface area (Å²) in [5, 5.41) is 0. The van der Waals surface area contributed by atoms with Gasteiger partial charge in [-0.25, -0.2) is 0 Å². The standard InChI is InChI=1S/C11H12/c1-3-10-8(2)7-9-5-4-6-11(9)10/h4-7H,3H2,1-2H3. The van der Waals surface area contributed by atoms with Crippen molar-refractivity contribution in [2.75, 3.05) is 0 Å². The van der Waals surface area contributed by atoms with E-state index in [2.05, 4.69) is 38.2 Å². The molecule has 0 saturated carbocycles. The van der Waals surface area contributed by atoms with Crippen molar-refractivity contribution < 1.29 is 0 Å².